The zero-order chi connectivity index (χ0) is 14.8. The van der Waals surface area contributed by atoms with Crippen LogP contribution in [0.15, 0.2) is 18.2 Å². The summed E-state index contributed by atoms with van der Waals surface area (Å²) in [5.74, 6) is -0.345. The molecule has 1 aliphatic heterocycles. The number of carbonyl (C=O) groups is 1. The van der Waals surface area contributed by atoms with Crippen LogP contribution < -0.4 is 10.6 Å². The van der Waals surface area contributed by atoms with Crippen molar-refractivity contribution in [2.45, 2.75) is 19.3 Å². The number of fused-ring (bicyclic) bond motifs is 1. The van der Waals surface area contributed by atoms with Gasteiger partial charge in [-0.3, -0.25) is 4.79 Å². The van der Waals surface area contributed by atoms with Crippen molar-refractivity contribution in [3.05, 3.63) is 29.3 Å². The van der Waals surface area contributed by atoms with Gasteiger partial charge in [0.1, 0.15) is 0 Å². The zero-order valence-corrected chi connectivity index (χ0v) is 12.1. The van der Waals surface area contributed by atoms with E-state index in [1.165, 1.54) is 11.3 Å². The average Bonchev–Trinajstić information content (AvgIpc) is 2.50. The van der Waals surface area contributed by atoms with Gasteiger partial charge in [-0.1, -0.05) is 6.07 Å². The maximum absolute atomic E-state index is 11.1. The monoisotopic (exact) mass is 287 g/mol. The lowest BCUT2D eigenvalue weighted by Gasteiger charge is -2.31. The molecule has 1 unspecified atom stereocenters. The van der Waals surface area contributed by atoms with Gasteiger partial charge in [-0.25, -0.2) is 0 Å². The summed E-state index contributed by atoms with van der Waals surface area (Å²) in [7, 11) is 0. The fraction of sp³-hybridized carbons (Fsp3) is 0.500. The van der Waals surface area contributed by atoms with Crippen LogP contribution in [0.3, 0.4) is 0 Å². The number of carbonyl (C=O) groups excluding carboxylic acids is 1. The molecular weight excluding hydrogens is 266 g/mol. The molecular formula is C16H21N3O2. The molecule has 1 fully saturated rings. The number of rotatable bonds is 3. The Bertz CT molecular complexity index is 565. The van der Waals surface area contributed by atoms with Gasteiger partial charge in [-0.15, -0.1) is 0 Å². The van der Waals surface area contributed by atoms with Crippen molar-refractivity contribution in [1.82, 2.24) is 0 Å². The molecule has 0 saturated carbocycles. The molecule has 5 nitrogen and oxygen atoms in total. The predicted molar refractivity (Wildman–Crippen MR) is 81.9 cm³/mol. The first-order valence-corrected chi connectivity index (χ1v) is 7.48. The minimum absolute atomic E-state index is 0.0239. The summed E-state index contributed by atoms with van der Waals surface area (Å²) in [6.07, 6.45) is 2.03. The van der Waals surface area contributed by atoms with Crippen LogP contribution in [-0.2, 0) is 16.0 Å². The molecule has 1 aromatic rings. The smallest absolute Gasteiger partial charge is 0.218 e. The largest absolute Gasteiger partial charge is 0.378 e. The maximum atomic E-state index is 11.1. The third-order valence-electron chi connectivity index (χ3n) is 4.37. The van der Waals surface area contributed by atoms with Crippen molar-refractivity contribution >= 4 is 17.3 Å². The van der Waals surface area contributed by atoms with E-state index in [-0.39, 0.29) is 18.2 Å². The van der Waals surface area contributed by atoms with Crippen LogP contribution in [0, 0.1) is 11.3 Å². The van der Waals surface area contributed by atoms with E-state index in [0.29, 0.717) is 5.71 Å². The standard InChI is InChI=1S/C16H21N3O2/c17-15(20)10-12-2-1-11-9-13(3-4-14(11)16(12)18)19-5-7-21-8-6-19/h3-4,9,12,18H,1-2,5-8,10H2,(H2,17,20). The summed E-state index contributed by atoms with van der Waals surface area (Å²) >= 11 is 0. The zero-order valence-electron chi connectivity index (χ0n) is 12.1. The SMILES string of the molecule is N=C1c2ccc(N3CCOCC3)cc2CCC1CC(N)=O. The molecule has 0 bridgehead atoms. The quantitative estimate of drug-likeness (QED) is 0.880. The van der Waals surface area contributed by atoms with Gasteiger partial charge in [0.25, 0.3) is 0 Å². The molecule has 1 atom stereocenters. The second-order valence-corrected chi connectivity index (χ2v) is 5.76. The third-order valence-corrected chi connectivity index (χ3v) is 4.37. The van der Waals surface area contributed by atoms with Crippen molar-refractivity contribution in [2.75, 3.05) is 31.2 Å². The van der Waals surface area contributed by atoms with Gasteiger partial charge in [0.05, 0.1) is 13.2 Å². The van der Waals surface area contributed by atoms with Crippen molar-refractivity contribution in [2.24, 2.45) is 11.7 Å². The Morgan fingerprint density at radius 2 is 2.14 bits per heavy atom. The van der Waals surface area contributed by atoms with E-state index in [1.54, 1.807) is 0 Å². The van der Waals surface area contributed by atoms with E-state index in [9.17, 15) is 4.79 Å². The summed E-state index contributed by atoms with van der Waals surface area (Å²) < 4.78 is 5.38. The van der Waals surface area contributed by atoms with Gasteiger partial charge in [0.15, 0.2) is 0 Å². The van der Waals surface area contributed by atoms with Crippen molar-refractivity contribution in [3.63, 3.8) is 0 Å². The molecule has 1 saturated heterocycles. The molecule has 3 N–H and O–H groups in total. The Morgan fingerprint density at radius 1 is 1.38 bits per heavy atom. The van der Waals surface area contributed by atoms with Crippen LogP contribution in [0.2, 0.25) is 0 Å². The van der Waals surface area contributed by atoms with E-state index < -0.39 is 0 Å². The summed E-state index contributed by atoms with van der Waals surface area (Å²) in [5, 5.41) is 8.29. The van der Waals surface area contributed by atoms with Crippen molar-refractivity contribution in [3.8, 4) is 0 Å². The van der Waals surface area contributed by atoms with Crippen LogP contribution in [0.4, 0.5) is 5.69 Å². The molecule has 0 aromatic heterocycles. The number of hydrogen-bond acceptors (Lipinski definition) is 4. The van der Waals surface area contributed by atoms with E-state index in [4.69, 9.17) is 15.9 Å². The number of benzene rings is 1. The molecule has 1 amide bonds. The predicted octanol–water partition coefficient (Wildman–Crippen LogP) is 1.33. The Morgan fingerprint density at radius 3 is 2.86 bits per heavy atom. The minimum atomic E-state index is -0.321. The first kappa shape index (κ1) is 14.1. The van der Waals surface area contributed by atoms with Gasteiger partial charge >= 0.3 is 0 Å². The Kier molecular flexibility index (Phi) is 3.92. The van der Waals surface area contributed by atoms with Crippen LogP contribution in [-0.4, -0.2) is 37.9 Å². The van der Waals surface area contributed by atoms with Gasteiger partial charge in [0.2, 0.25) is 5.91 Å². The highest BCUT2D eigenvalue weighted by Gasteiger charge is 2.26. The van der Waals surface area contributed by atoms with Crippen LogP contribution in [0.5, 0.6) is 0 Å². The van der Waals surface area contributed by atoms with Gasteiger partial charge < -0.3 is 20.8 Å². The highest BCUT2D eigenvalue weighted by atomic mass is 16.5. The number of nitrogens with one attached hydrogen (secondary N) is 1. The van der Waals surface area contributed by atoms with Gasteiger partial charge in [-0.2, -0.15) is 0 Å². The van der Waals surface area contributed by atoms with E-state index in [0.717, 1.165) is 44.7 Å². The lowest BCUT2D eigenvalue weighted by atomic mass is 9.80. The van der Waals surface area contributed by atoms with Gasteiger partial charge in [-0.05, 0) is 36.1 Å². The molecule has 21 heavy (non-hydrogen) atoms. The molecule has 2 aliphatic rings. The Hall–Kier alpha value is -1.88. The molecule has 1 aliphatic carbocycles. The molecule has 1 heterocycles. The number of aryl methyl sites for hydroxylation is 1. The van der Waals surface area contributed by atoms with Crippen molar-refractivity contribution in [1.29, 1.82) is 5.41 Å². The molecule has 5 heteroatoms. The van der Waals surface area contributed by atoms with E-state index in [1.807, 2.05) is 6.07 Å². The number of nitrogens with two attached hydrogens (primary N) is 1. The molecule has 0 radical (unpaired) electrons. The highest BCUT2D eigenvalue weighted by Crippen LogP contribution is 2.30. The number of primary amides is 1. The highest BCUT2D eigenvalue weighted by molar-refractivity contribution is 6.04. The van der Waals surface area contributed by atoms with Gasteiger partial charge in [0, 0.05) is 36.8 Å². The number of amides is 1. The van der Waals surface area contributed by atoms with Crippen LogP contribution in [0.1, 0.15) is 24.0 Å². The molecule has 0 spiro atoms. The first-order valence-electron chi connectivity index (χ1n) is 7.48. The molecule has 3 rings (SSSR count). The number of morpholine rings is 1. The van der Waals surface area contributed by atoms with E-state index >= 15 is 0 Å². The normalized spacial score (nSPS) is 22.0. The second-order valence-electron chi connectivity index (χ2n) is 5.76. The maximum Gasteiger partial charge on any atom is 0.218 e. The minimum Gasteiger partial charge on any atom is -0.378 e. The third kappa shape index (κ3) is 2.93. The number of nitrogens with zero attached hydrogens (tertiary/aromatic N) is 1. The number of anilines is 1. The number of ether oxygens (including phenoxy) is 1. The topological polar surface area (TPSA) is 79.4 Å². The van der Waals surface area contributed by atoms with E-state index in [2.05, 4.69) is 17.0 Å². The summed E-state index contributed by atoms with van der Waals surface area (Å²) in [5.41, 5.74) is 9.23. The summed E-state index contributed by atoms with van der Waals surface area (Å²) in [6, 6.07) is 6.29. The van der Waals surface area contributed by atoms with Crippen LogP contribution in [0.25, 0.3) is 0 Å². The fourth-order valence-electron chi connectivity index (χ4n) is 3.21. The lowest BCUT2D eigenvalue weighted by Crippen LogP contribution is -2.36. The summed E-state index contributed by atoms with van der Waals surface area (Å²) in [4.78, 5) is 13.4. The molecule has 1 aromatic carbocycles. The fourth-order valence-corrected chi connectivity index (χ4v) is 3.21. The first-order chi connectivity index (χ1) is 10.1. The molecule has 112 valence electrons. The Labute approximate surface area is 124 Å². The Balaban J connectivity index is 1.81. The second kappa shape index (κ2) is 5.85. The summed E-state index contributed by atoms with van der Waals surface area (Å²) in [6.45, 7) is 3.38. The average molecular weight is 287 g/mol. The number of hydrogen-bond donors (Lipinski definition) is 2. The van der Waals surface area contributed by atoms with Crippen molar-refractivity contribution < 1.29 is 9.53 Å². The lowest BCUT2D eigenvalue weighted by molar-refractivity contribution is -0.118. The van der Waals surface area contributed by atoms with Crippen LogP contribution >= 0.6 is 0 Å².